The molecule has 0 saturated carbocycles. The number of piperidine rings is 1. The molecule has 92 valence electrons. The fraction of sp³-hybridized carbons (Fsp3) is 0.615. The summed E-state index contributed by atoms with van der Waals surface area (Å²) in [5, 5.41) is 3.69. The van der Waals surface area contributed by atoms with Crippen LogP contribution in [-0.4, -0.2) is 30.2 Å². The molecule has 1 N–H and O–H groups in total. The summed E-state index contributed by atoms with van der Waals surface area (Å²) in [6, 6.07) is 4.28. The van der Waals surface area contributed by atoms with E-state index in [-0.39, 0.29) is 0 Å². The van der Waals surface area contributed by atoms with Crippen LogP contribution in [-0.2, 0) is 0 Å². The first kappa shape index (κ1) is 11.5. The van der Waals surface area contributed by atoms with E-state index in [1.54, 1.807) is 0 Å². The van der Waals surface area contributed by atoms with Gasteiger partial charge in [0.15, 0.2) is 0 Å². The number of rotatable bonds is 2. The molecule has 2 atom stereocenters. The number of nitrogens with one attached hydrogen (secondary N) is 1. The first-order valence-electron chi connectivity index (χ1n) is 6.32. The van der Waals surface area contributed by atoms with Gasteiger partial charge in [-0.1, -0.05) is 0 Å². The molecule has 3 heterocycles. The lowest BCUT2D eigenvalue weighted by molar-refractivity contribution is 0.354. The predicted octanol–water partition coefficient (Wildman–Crippen LogP) is 2.56. The summed E-state index contributed by atoms with van der Waals surface area (Å²) >= 11 is 3.49. The monoisotopic (exact) mass is 295 g/mol. The van der Waals surface area contributed by atoms with Crippen LogP contribution in [0.1, 0.15) is 25.7 Å². The van der Waals surface area contributed by atoms with E-state index >= 15 is 0 Å². The largest absolute Gasteiger partial charge is 0.370 e. The van der Waals surface area contributed by atoms with Crippen LogP contribution in [0.15, 0.2) is 22.9 Å². The summed E-state index contributed by atoms with van der Waals surface area (Å²) in [6.07, 6.45) is 9.02. The number of hydrogen-bond donors (Lipinski definition) is 1. The molecule has 3 rings (SSSR count). The smallest absolute Gasteiger partial charge is 0.0564 e. The molecular formula is C13H18BrN3. The molecule has 2 aliphatic rings. The SMILES string of the molecule is CN(c1cncc(Br)c1)C1CC2CCC(C1)N2. The van der Waals surface area contributed by atoms with Crippen molar-refractivity contribution in [3.8, 4) is 0 Å². The zero-order chi connectivity index (χ0) is 11.8. The van der Waals surface area contributed by atoms with E-state index in [1.165, 1.54) is 31.4 Å². The molecule has 0 aromatic carbocycles. The Morgan fingerprint density at radius 3 is 2.65 bits per heavy atom. The van der Waals surface area contributed by atoms with E-state index in [2.05, 4.69) is 44.2 Å². The lowest BCUT2D eigenvalue weighted by Crippen LogP contribution is -2.47. The van der Waals surface area contributed by atoms with Gasteiger partial charge in [-0.05, 0) is 47.7 Å². The molecular weight excluding hydrogens is 278 g/mol. The second-order valence-corrected chi connectivity index (χ2v) is 6.15. The van der Waals surface area contributed by atoms with Gasteiger partial charge in [-0.2, -0.15) is 0 Å². The van der Waals surface area contributed by atoms with Gasteiger partial charge in [0, 0.05) is 35.8 Å². The van der Waals surface area contributed by atoms with Gasteiger partial charge in [0.1, 0.15) is 0 Å². The van der Waals surface area contributed by atoms with Gasteiger partial charge in [-0.3, -0.25) is 4.98 Å². The zero-order valence-corrected chi connectivity index (χ0v) is 11.7. The van der Waals surface area contributed by atoms with E-state index in [4.69, 9.17) is 0 Å². The number of fused-ring (bicyclic) bond motifs is 2. The van der Waals surface area contributed by atoms with Gasteiger partial charge in [-0.15, -0.1) is 0 Å². The maximum atomic E-state index is 4.25. The Bertz CT molecular complexity index is 397. The third-order valence-corrected chi connectivity index (χ3v) is 4.53. The summed E-state index contributed by atoms with van der Waals surface area (Å²) < 4.78 is 1.05. The van der Waals surface area contributed by atoms with Crippen LogP contribution in [0.4, 0.5) is 5.69 Å². The Morgan fingerprint density at radius 1 is 1.29 bits per heavy atom. The van der Waals surface area contributed by atoms with Gasteiger partial charge in [0.25, 0.3) is 0 Å². The first-order chi connectivity index (χ1) is 8.22. The minimum Gasteiger partial charge on any atom is -0.370 e. The normalized spacial score (nSPS) is 31.5. The third kappa shape index (κ3) is 2.33. The molecule has 0 spiro atoms. The van der Waals surface area contributed by atoms with Crippen molar-refractivity contribution in [3.63, 3.8) is 0 Å². The van der Waals surface area contributed by atoms with Gasteiger partial charge in [0.05, 0.1) is 11.9 Å². The van der Waals surface area contributed by atoms with Gasteiger partial charge >= 0.3 is 0 Å². The Hall–Kier alpha value is -0.610. The van der Waals surface area contributed by atoms with E-state index in [9.17, 15) is 0 Å². The van der Waals surface area contributed by atoms with Crippen molar-refractivity contribution in [1.29, 1.82) is 0 Å². The number of hydrogen-bond acceptors (Lipinski definition) is 3. The third-order valence-electron chi connectivity index (χ3n) is 4.09. The number of nitrogens with zero attached hydrogens (tertiary/aromatic N) is 2. The van der Waals surface area contributed by atoms with Crippen LogP contribution >= 0.6 is 15.9 Å². The molecule has 4 heteroatoms. The second kappa shape index (κ2) is 4.58. The number of anilines is 1. The predicted molar refractivity (Wildman–Crippen MR) is 73.3 cm³/mol. The van der Waals surface area contributed by atoms with Crippen molar-refractivity contribution in [1.82, 2.24) is 10.3 Å². The molecule has 0 amide bonds. The number of pyridine rings is 1. The molecule has 3 nitrogen and oxygen atoms in total. The maximum Gasteiger partial charge on any atom is 0.0564 e. The highest BCUT2D eigenvalue weighted by Gasteiger charge is 2.35. The highest BCUT2D eigenvalue weighted by Crippen LogP contribution is 2.31. The van der Waals surface area contributed by atoms with Crippen LogP contribution in [0, 0.1) is 0 Å². The molecule has 1 aromatic rings. The lowest BCUT2D eigenvalue weighted by atomic mass is 9.98. The van der Waals surface area contributed by atoms with E-state index < -0.39 is 0 Å². The Morgan fingerprint density at radius 2 is 2.00 bits per heavy atom. The van der Waals surface area contributed by atoms with Crippen LogP contribution in [0.25, 0.3) is 0 Å². The zero-order valence-electron chi connectivity index (χ0n) is 10.1. The Kier molecular flexibility index (Phi) is 3.09. The fourth-order valence-electron chi connectivity index (χ4n) is 3.15. The lowest BCUT2D eigenvalue weighted by Gasteiger charge is -2.36. The Labute approximate surface area is 111 Å². The highest BCUT2D eigenvalue weighted by molar-refractivity contribution is 9.10. The van der Waals surface area contributed by atoms with Crippen molar-refractivity contribution in [2.45, 2.75) is 43.8 Å². The van der Waals surface area contributed by atoms with Crippen molar-refractivity contribution in [2.24, 2.45) is 0 Å². The van der Waals surface area contributed by atoms with Gasteiger partial charge in [0.2, 0.25) is 0 Å². The van der Waals surface area contributed by atoms with Crippen molar-refractivity contribution in [2.75, 3.05) is 11.9 Å². The van der Waals surface area contributed by atoms with Gasteiger partial charge < -0.3 is 10.2 Å². The van der Waals surface area contributed by atoms with E-state index in [0.717, 1.165) is 16.6 Å². The summed E-state index contributed by atoms with van der Waals surface area (Å²) in [5.41, 5.74) is 1.21. The average Bonchev–Trinajstić information content (AvgIpc) is 2.67. The van der Waals surface area contributed by atoms with E-state index in [1.807, 2.05) is 12.4 Å². The van der Waals surface area contributed by atoms with E-state index in [0.29, 0.717) is 6.04 Å². The molecule has 2 bridgehead atoms. The minimum atomic E-state index is 0.657. The molecule has 2 saturated heterocycles. The minimum absolute atomic E-state index is 0.657. The first-order valence-corrected chi connectivity index (χ1v) is 7.11. The second-order valence-electron chi connectivity index (χ2n) is 5.24. The number of aromatic nitrogens is 1. The summed E-state index contributed by atoms with van der Waals surface area (Å²) in [5.74, 6) is 0. The molecule has 0 aliphatic carbocycles. The maximum absolute atomic E-state index is 4.25. The van der Waals surface area contributed by atoms with Crippen LogP contribution < -0.4 is 10.2 Å². The molecule has 1 aromatic heterocycles. The van der Waals surface area contributed by atoms with Crippen molar-refractivity contribution < 1.29 is 0 Å². The topological polar surface area (TPSA) is 28.2 Å². The molecule has 2 unspecified atom stereocenters. The average molecular weight is 296 g/mol. The summed E-state index contributed by atoms with van der Waals surface area (Å²) in [4.78, 5) is 6.64. The van der Waals surface area contributed by atoms with Crippen LogP contribution in [0.2, 0.25) is 0 Å². The highest BCUT2D eigenvalue weighted by atomic mass is 79.9. The Balaban J connectivity index is 1.76. The standard InChI is InChI=1S/C13H18BrN3/c1-17(13-4-9(14)7-15-8-13)12-5-10-2-3-11(6-12)16-10/h4,7-8,10-12,16H,2-3,5-6H2,1H3. The fourth-order valence-corrected chi connectivity index (χ4v) is 3.50. The summed E-state index contributed by atoms with van der Waals surface area (Å²) in [7, 11) is 2.19. The van der Waals surface area contributed by atoms with Crippen LogP contribution in [0.3, 0.4) is 0 Å². The van der Waals surface area contributed by atoms with Gasteiger partial charge in [-0.25, -0.2) is 0 Å². The number of halogens is 1. The van der Waals surface area contributed by atoms with Crippen molar-refractivity contribution in [3.05, 3.63) is 22.9 Å². The molecule has 2 fully saturated rings. The quantitative estimate of drug-likeness (QED) is 0.909. The molecule has 17 heavy (non-hydrogen) atoms. The van der Waals surface area contributed by atoms with Crippen LogP contribution in [0.5, 0.6) is 0 Å². The molecule has 0 radical (unpaired) electrons. The summed E-state index contributed by atoms with van der Waals surface area (Å²) in [6.45, 7) is 0. The molecule has 2 aliphatic heterocycles. The van der Waals surface area contributed by atoms with Crippen molar-refractivity contribution >= 4 is 21.6 Å².